The van der Waals surface area contributed by atoms with Crippen molar-refractivity contribution in [2.45, 2.75) is 33.6 Å². The SMILES string of the molecule is CCCOC(=O)c1cccc(C)c1C(=O)OCCC. The molecule has 0 spiro atoms. The maximum absolute atomic E-state index is 12.0. The number of rotatable bonds is 6. The predicted molar refractivity (Wildman–Crippen MR) is 72.3 cm³/mol. The van der Waals surface area contributed by atoms with Crippen LogP contribution in [0.25, 0.3) is 0 Å². The van der Waals surface area contributed by atoms with Crippen molar-refractivity contribution in [2.75, 3.05) is 13.2 Å². The third kappa shape index (κ3) is 4.09. The van der Waals surface area contributed by atoms with Crippen LogP contribution in [0.3, 0.4) is 0 Å². The van der Waals surface area contributed by atoms with E-state index < -0.39 is 11.9 Å². The summed E-state index contributed by atoms with van der Waals surface area (Å²) in [5.74, 6) is -0.947. The second-order valence-electron chi connectivity index (χ2n) is 4.27. The van der Waals surface area contributed by atoms with Crippen molar-refractivity contribution in [1.29, 1.82) is 0 Å². The molecular formula is C15H20O4. The first-order valence-electron chi connectivity index (χ1n) is 6.55. The van der Waals surface area contributed by atoms with E-state index in [1.54, 1.807) is 25.1 Å². The number of hydrogen-bond acceptors (Lipinski definition) is 4. The molecule has 0 saturated carbocycles. The number of aryl methyl sites for hydroxylation is 1. The normalized spacial score (nSPS) is 10.1. The van der Waals surface area contributed by atoms with Crippen LogP contribution in [0.2, 0.25) is 0 Å². The topological polar surface area (TPSA) is 52.6 Å². The van der Waals surface area contributed by atoms with Gasteiger partial charge in [-0.05, 0) is 31.4 Å². The predicted octanol–water partition coefficient (Wildman–Crippen LogP) is 3.13. The molecule has 104 valence electrons. The Morgan fingerprint density at radius 1 is 1.00 bits per heavy atom. The minimum Gasteiger partial charge on any atom is -0.462 e. The fourth-order valence-electron chi connectivity index (χ4n) is 1.65. The zero-order valence-electron chi connectivity index (χ0n) is 11.7. The number of carbonyl (C=O) groups is 2. The summed E-state index contributed by atoms with van der Waals surface area (Å²) in [6.45, 7) is 6.30. The molecule has 0 aliphatic heterocycles. The van der Waals surface area contributed by atoms with Crippen LogP contribution in [-0.2, 0) is 9.47 Å². The number of esters is 2. The summed E-state index contributed by atoms with van der Waals surface area (Å²) in [7, 11) is 0. The van der Waals surface area contributed by atoms with E-state index in [1.807, 2.05) is 13.8 Å². The highest BCUT2D eigenvalue weighted by atomic mass is 16.5. The first kappa shape index (κ1) is 15.2. The standard InChI is InChI=1S/C15H20O4/c1-4-9-18-14(16)12-8-6-7-11(3)13(12)15(17)19-10-5-2/h6-8H,4-5,9-10H2,1-3H3. The molecule has 0 N–H and O–H groups in total. The Morgan fingerprint density at radius 3 is 2.16 bits per heavy atom. The molecule has 0 bridgehead atoms. The van der Waals surface area contributed by atoms with Crippen molar-refractivity contribution >= 4 is 11.9 Å². The molecule has 0 radical (unpaired) electrons. The molecule has 0 aliphatic carbocycles. The highest BCUT2D eigenvalue weighted by Gasteiger charge is 2.21. The molecule has 0 saturated heterocycles. The van der Waals surface area contributed by atoms with E-state index in [0.717, 1.165) is 12.8 Å². The summed E-state index contributed by atoms with van der Waals surface area (Å²) in [5.41, 5.74) is 1.29. The zero-order chi connectivity index (χ0) is 14.3. The van der Waals surface area contributed by atoms with Gasteiger partial charge in [0.2, 0.25) is 0 Å². The van der Waals surface area contributed by atoms with E-state index in [2.05, 4.69) is 0 Å². The minimum absolute atomic E-state index is 0.273. The Kier molecular flexibility index (Phi) is 6.06. The number of benzene rings is 1. The van der Waals surface area contributed by atoms with Crippen LogP contribution < -0.4 is 0 Å². The molecular weight excluding hydrogens is 244 g/mol. The summed E-state index contributed by atoms with van der Waals surface area (Å²) in [5, 5.41) is 0. The summed E-state index contributed by atoms with van der Waals surface area (Å²) in [6, 6.07) is 5.10. The number of carbonyl (C=O) groups excluding carboxylic acids is 2. The van der Waals surface area contributed by atoms with Gasteiger partial charge in [-0.3, -0.25) is 0 Å². The van der Waals surface area contributed by atoms with Crippen LogP contribution in [0, 0.1) is 6.92 Å². The van der Waals surface area contributed by atoms with Crippen LogP contribution in [0.4, 0.5) is 0 Å². The van der Waals surface area contributed by atoms with Crippen molar-refractivity contribution < 1.29 is 19.1 Å². The van der Waals surface area contributed by atoms with Crippen molar-refractivity contribution in [1.82, 2.24) is 0 Å². The monoisotopic (exact) mass is 264 g/mol. The smallest absolute Gasteiger partial charge is 0.339 e. The lowest BCUT2D eigenvalue weighted by atomic mass is 10.0. The lowest BCUT2D eigenvalue weighted by molar-refractivity contribution is 0.0457. The van der Waals surface area contributed by atoms with Crippen molar-refractivity contribution in [3.05, 3.63) is 34.9 Å². The van der Waals surface area contributed by atoms with Gasteiger partial charge in [-0.2, -0.15) is 0 Å². The van der Waals surface area contributed by atoms with Crippen LogP contribution >= 0.6 is 0 Å². The Labute approximate surface area is 113 Å². The maximum atomic E-state index is 12.0. The second kappa shape index (κ2) is 7.56. The molecule has 4 heteroatoms. The van der Waals surface area contributed by atoms with Crippen molar-refractivity contribution in [3.63, 3.8) is 0 Å². The van der Waals surface area contributed by atoms with E-state index in [0.29, 0.717) is 24.3 Å². The Balaban J connectivity index is 3.01. The first-order valence-corrected chi connectivity index (χ1v) is 6.55. The van der Waals surface area contributed by atoms with Crippen molar-refractivity contribution in [2.24, 2.45) is 0 Å². The molecule has 0 amide bonds. The van der Waals surface area contributed by atoms with Crippen LogP contribution in [0.1, 0.15) is 53.0 Å². The average molecular weight is 264 g/mol. The van der Waals surface area contributed by atoms with Crippen LogP contribution in [0.5, 0.6) is 0 Å². The van der Waals surface area contributed by atoms with Crippen LogP contribution in [0.15, 0.2) is 18.2 Å². The highest BCUT2D eigenvalue weighted by Crippen LogP contribution is 2.17. The minimum atomic E-state index is -0.478. The molecule has 0 heterocycles. The van der Waals surface area contributed by atoms with E-state index >= 15 is 0 Å². The van der Waals surface area contributed by atoms with E-state index in [4.69, 9.17) is 9.47 Å². The number of ether oxygens (including phenoxy) is 2. The Bertz CT molecular complexity index is 451. The van der Waals surface area contributed by atoms with Gasteiger partial charge < -0.3 is 9.47 Å². The summed E-state index contributed by atoms with van der Waals surface area (Å²) < 4.78 is 10.2. The van der Waals surface area contributed by atoms with Crippen LogP contribution in [-0.4, -0.2) is 25.2 Å². The zero-order valence-corrected chi connectivity index (χ0v) is 11.7. The molecule has 0 aliphatic rings. The number of hydrogen-bond donors (Lipinski definition) is 0. The summed E-state index contributed by atoms with van der Waals surface area (Å²) in [6.07, 6.45) is 1.49. The highest BCUT2D eigenvalue weighted by molar-refractivity contribution is 6.04. The second-order valence-corrected chi connectivity index (χ2v) is 4.27. The largest absolute Gasteiger partial charge is 0.462 e. The van der Waals surface area contributed by atoms with Gasteiger partial charge in [-0.1, -0.05) is 26.0 Å². The molecule has 0 unspecified atom stereocenters. The molecule has 19 heavy (non-hydrogen) atoms. The molecule has 4 nitrogen and oxygen atoms in total. The average Bonchev–Trinajstić information content (AvgIpc) is 2.41. The van der Waals surface area contributed by atoms with Gasteiger partial charge in [-0.25, -0.2) is 9.59 Å². The molecule has 0 aromatic heterocycles. The van der Waals surface area contributed by atoms with Gasteiger partial charge in [0.1, 0.15) is 0 Å². The van der Waals surface area contributed by atoms with Gasteiger partial charge in [0, 0.05) is 0 Å². The summed E-state index contributed by atoms with van der Waals surface area (Å²) >= 11 is 0. The summed E-state index contributed by atoms with van der Waals surface area (Å²) in [4.78, 5) is 23.9. The Hall–Kier alpha value is -1.84. The molecule has 1 rings (SSSR count). The third-order valence-corrected chi connectivity index (χ3v) is 2.57. The van der Waals surface area contributed by atoms with Gasteiger partial charge in [0.15, 0.2) is 0 Å². The van der Waals surface area contributed by atoms with Gasteiger partial charge in [0.25, 0.3) is 0 Å². The lowest BCUT2D eigenvalue weighted by Gasteiger charge is -2.11. The fourth-order valence-corrected chi connectivity index (χ4v) is 1.65. The van der Waals surface area contributed by atoms with E-state index in [9.17, 15) is 9.59 Å². The van der Waals surface area contributed by atoms with Gasteiger partial charge >= 0.3 is 11.9 Å². The van der Waals surface area contributed by atoms with Gasteiger partial charge in [0.05, 0.1) is 24.3 Å². The van der Waals surface area contributed by atoms with E-state index in [-0.39, 0.29) is 5.56 Å². The first-order chi connectivity index (χ1) is 9.11. The third-order valence-electron chi connectivity index (χ3n) is 2.57. The van der Waals surface area contributed by atoms with Gasteiger partial charge in [-0.15, -0.1) is 0 Å². The van der Waals surface area contributed by atoms with E-state index in [1.165, 1.54) is 0 Å². The molecule has 0 atom stereocenters. The fraction of sp³-hybridized carbons (Fsp3) is 0.467. The lowest BCUT2D eigenvalue weighted by Crippen LogP contribution is -2.16. The molecule has 0 fully saturated rings. The molecule has 1 aromatic carbocycles. The maximum Gasteiger partial charge on any atom is 0.339 e. The van der Waals surface area contributed by atoms with Crippen molar-refractivity contribution in [3.8, 4) is 0 Å². The quantitative estimate of drug-likeness (QED) is 0.741. The Morgan fingerprint density at radius 2 is 1.58 bits per heavy atom. The molecule has 1 aromatic rings.